The van der Waals surface area contributed by atoms with E-state index in [1.165, 1.54) is 4.90 Å². The van der Waals surface area contributed by atoms with Crippen molar-refractivity contribution in [1.29, 1.82) is 0 Å². The molecule has 1 N–H and O–H groups in total. The zero-order valence-electron chi connectivity index (χ0n) is 9.88. The van der Waals surface area contributed by atoms with Gasteiger partial charge in [-0.2, -0.15) is 0 Å². The predicted molar refractivity (Wildman–Crippen MR) is 59.5 cm³/mol. The van der Waals surface area contributed by atoms with Crippen LogP contribution >= 0.6 is 0 Å². The van der Waals surface area contributed by atoms with Gasteiger partial charge in [0.2, 0.25) is 0 Å². The maximum absolute atomic E-state index is 11.8. The molecule has 6 heteroatoms. The molecule has 16 heavy (non-hydrogen) atoms. The van der Waals surface area contributed by atoms with E-state index in [4.69, 9.17) is 5.21 Å². The average molecular weight is 224 g/mol. The number of carbonyl (C=O) groups is 1. The molecule has 6 nitrogen and oxygen atoms in total. The average Bonchev–Trinajstić information content (AvgIpc) is 2.71. The van der Waals surface area contributed by atoms with Gasteiger partial charge in [-0.25, -0.2) is 4.98 Å². The second-order valence-corrected chi connectivity index (χ2v) is 4.18. The minimum absolute atomic E-state index is 0.0653. The lowest BCUT2D eigenvalue weighted by Gasteiger charge is -2.27. The standard InChI is InChI=1S/C10H16N4O2/c1-10(2,14-6-5-11-7-14)8(12-16)9(15)13(3)4/h5-7,16H,1-4H3/b12-8-. The molecule has 0 unspecified atom stereocenters. The molecule has 0 fully saturated rings. The molecule has 0 aromatic carbocycles. The summed E-state index contributed by atoms with van der Waals surface area (Å²) in [6, 6.07) is 0. The molecule has 1 heterocycles. The molecule has 1 aromatic heterocycles. The zero-order valence-corrected chi connectivity index (χ0v) is 9.88. The molecule has 0 aliphatic heterocycles. The molecule has 0 aliphatic rings. The van der Waals surface area contributed by atoms with Gasteiger partial charge in [-0.1, -0.05) is 5.16 Å². The normalized spacial score (nSPS) is 12.6. The number of nitrogens with zero attached hydrogens (tertiary/aromatic N) is 4. The van der Waals surface area contributed by atoms with Gasteiger partial charge < -0.3 is 14.7 Å². The molecule has 0 saturated heterocycles. The monoisotopic (exact) mass is 224 g/mol. The summed E-state index contributed by atoms with van der Waals surface area (Å²) in [4.78, 5) is 17.1. The topological polar surface area (TPSA) is 70.7 Å². The van der Waals surface area contributed by atoms with Crippen LogP contribution in [0.5, 0.6) is 0 Å². The van der Waals surface area contributed by atoms with Crippen molar-refractivity contribution < 1.29 is 10.0 Å². The number of rotatable bonds is 3. The summed E-state index contributed by atoms with van der Waals surface area (Å²) in [6.07, 6.45) is 4.90. The van der Waals surface area contributed by atoms with Crippen molar-refractivity contribution >= 4 is 11.6 Å². The first-order chi connectivity index (χ1) is 7.41. The van der Waals surface area contributed by atoms with Crippen molar-refractivity contribution in [2.45, 2.75) is 19.4 Å². The van der Waals surface area contributed by atoms with Crippen molar-refractivity contribution in [3.05, 3.63) is 18.7 Å². The SMILES string of the molecule is CN(C)C(=O)/C(=N/O)C(C)(C)n1ccnc1. The molecule has 0 spiro atoms. The molecule has 0 saturated carbocycles. The summed E-state index contributed by atoms with van der Waals surface area (Å²) in [5, 5.41) is 12.1. The first-order valence-corrected chi connectivity index (χ1v) is 4.84. The number of oxime groups is 1. The van der Waals surface area contributed by atoms with Crippen LogP contribution in [0.4, 0.5) is 0 Å². The van der Waals surface area contributed by atoms with Crippen LogP contribution in [0.25, 0.3) is 0 Å². The fourth-order valence-corrected chi connectivity index (χ4v) is 1.35. The molecular weight excluding hydrogens is 208 g/mol. The second kappa shape index (κ2) is 4.34. The van der Waals surface area contributed by atoms with E-state index in [-0.39, 0.29) is 11.6 Å². The summed E-state index contributed by atoms with van der Waals surface area (Å²) in [5.41, 5.74) is -0.678. The van der Waals surface area contributed by atoms with Crippen LogP contribution in [-0.2, 0) is 10.3 Å². The van der Waals surface area contributed by atoms with Gasteiger partial charge in [0, 0.05) is 26.5 Å². The highest BCUT2D eigenvalue weighted by atomic mass is 16.4. The van der Waals surface area contributed by atoms with Gasteiger partial charge >= 0.3 is 0 Å². The molecule has 0 atom stereocenters. The zero-order chi connectivity index (χ0) is 12.3. The first-order valence-electron chi connectivity index (χ1n) is 4.84. The molecule has 88 valence electrons. The molecule has 0 bridgehead atoms. The number of hydrogen-bond donors (Lipinski definition) is 1. The maximum atomic E-state index is 11.8. The molecule has 1 rings (SSSR count). The lowest BCUT2D eigenvalue weighted by Crippen LogP contribution is -2.45. The van der Waals surface area contributed by atoms with Gasteiger partial charge in [0.05, 0.1) is 11.9 Å². The van der Waals surface area contributed by atoms with E-state index in [9.17, 15) is 4.79 Å². The fourth-order valence-electron chi connectivity index (χ4n) is 1.35. The van der Waals surface area contributed by atoms with Crippen LogP contribution in [0, 0.1) is 0 Å². The quantitative estimate of drug-likeness (QED) is 0.462. The van der Waals surface area contributed by atoms with E-state index in [0.29, 0.717) is 0 Å². The lowest BCUT2D eigenvalue weighted by molar-refractivity contribution is -0.122. The van der Waals surface area contributed by atoms with E-state index in [2.05, 4.69) is 10.1 Å². The lowest BCUT2D eigenvalue weighted by atomic mass is 9.97. The third kappa shape index (κ3) is 2.05. The minimum atomic E-state index is -0.743. The van der Waals surface area contributed by atoms with Crippen molar-refractivity contribution in [2.24, 2.45) is 5.16 Å². The van der Waals surface area contributed by atoms with Gasteiger partial charge in [0.1, 0.15) is 0 Å². The van der Waals surface area contributed by atoms with Crippen LogP contribution in [0.2, 0.25) is 0 Å². The Bertz CT molecular complexity index is 393. The highest BCUT2D eigenvalue weighted by Crippen LogP contribution is 2.18. The summed E-state index contributed by atoms with van der Waals surface area (Å²) >= 11 is 0. The van der Waals surface area contributed by atoms with Crippen LogP contribution in [0.1, 0.15) is 13.8 Å². The largest absolute Gasteiger partial charge is 0.410 e. The molecule has 1 aromatic rings. The van der Waals surface area contributed by atoms with Crippen LogP contribution in [0.3, 0.4) is 0 Å². The van der Waals surface area contributed by atoms with E-state index >= 15 is 0 Å². The highest BCUT2D eigenvalue weighted by molar-refractivity contribution is 6.41. The van der Waals surface area contributed by atoms with E-state index < -0.39 is 5.54 Å². The van der Waals surface area contributed by atoms with E-state index in [1.54, 1.807) is 51.2 Å². The van der Waals surface area contributed by atoms with Gasteiger partial charge in [-0.15, -0.1) is 0 Å². The molecule has 0 aliphatic carbocycles. The maximum Gasteiger partial charge on any atom is 0.273 e. The summed E-state index contributed by atoms with van der Waals surface area (Å²) in [5.74, 6) is -0.332. The fraction of sp³-hybridized carbons (Fsp3) is 0.500. The Balaban J connectivity index is 3.11. The van der Waals surface area contributed by atoms with Gasteiger partial charge in [0.25, 0.3) is 5.91 Å². The highest BCUT2D eigenvalue weighted by Gasteiger charge is 2.33. The first kappa shape index (κ1) is 12.2. The van der Waals surface area contributed by atoms with E-state index in [0.717, 1.165) is 0 Å². The number of hydrogen-bond acceptors (Lipinski definition) is 4. The summed E-state index contributed by atoms with van der Waals surface area (Å²) < 4.78 is 1.71. The third-order valence-corrected chi connectivity index (χ3v) is 2.44. The number of imidazole rings is 1. The smallest absolute Gasteiger partial charge is 0.273 e. The van der Waals surface area contributed by atoms with Crippen molar-refractivity contribution in [3.8, 4) is 0 Å². The number of carbonyl (C=O) groups excluding carboxylic acids is 1. The number of amides is 1. The second-order valence-electron chi connectivity index (χ2n) is 4.18. The summed E-state index contributed by atoms with van der Waals surface area (Å²) in [7, 11) is 3.22. The van der Waals surface area contributed by atoms with Crippen molar-refractivity contribution in [2.75, 3.05) is 14.1 Å². The van der Waals surface area contributed by atoms with Gasteiger partial charge in [-0.05, 0) is 13.8 Å². The Morgan fingerprint density at radius 3 is 2.50 bits per heavy atom. The summed E-state index contributed by atoms with van der Waals surface area (Å²) in [6.45, 7) is 3.57. The van der Waals surface area contributed by atoms with Gasteiger partial charge in [-0.3, -0.25) is 4.79 Å². The number of aromatic nitrogens is 2. The Kier molecular flexibility index (Phi) is 3.31. The van der Waals surface area contributed by atoms with Crippen LogP contribution in [-0.4, -0.2) is 45.4 Å². The van der Waals surface area contributed by atoms with Crippen LogP contribution in [0.15, 0.2) is 23.9 Å². The van der Waals surface area contributed by atoms with E-state index in [1.807, 2.05) is 0 Å². The Morgan fingerprint density at radius 2 is 2.12 bits per heavy atom. The molecule has 0 radical (unpaired) electrons. The van der Waals surface area contributed by atoms with Crippen LogP contribution < -0.4 is 0 Å². The minimum Gasteiger partial charge on any atom is -0.410 e. The molecular formula is C10H16N4O2. The Hall–Kier alpha value is -1.85. The predicted octanol–water partition coefficient (Wildman–Crippen LogP) is 0.537. The van der Waals surface area contributed by atoms with Crippen molar-refractivity contribution in [3.63, 3.8) is 0 Å². The Labute approximate surface area is 94.2 Å². The molecule has 1 amide bonds. The Morgan fingerprint density at radius 1 is 1.50 bits per heavy atom. The third-order valence-electron chi connectivity index (χ3n) is 2.44. The van der Waals surface area contributed by atoms with Gasteiger partial charge in [0.15, 0.2) is 5.71 Å². The van der Waals surface area contributed by atoms with Crippen molar-refractivity contribution in [1.82, 2.24) is 14.5 Å².